The lowest BCUT2D eigenvalue weighted by Crippen LogP contribution is -2.44. The lowest BCUT2D eigenvalue weighted by atomic mass is 9.89. The Labute approximate surface area is 129 Å². The van der Waals surface area contributed by atoms with Crippen LogP contribution in [0.3, 0.4) is 0 Å². The van der Waals surface area contributed by atoms with Crippen LogP contribution in [0.25, 0.3) is 0 Å². The van der Waals surface area contributed by atoms with Crippen molar-refractivity contribution in [1.82, 2.24) is 4.90 Å². The molecule has 120 valence electrons. The van der Waals surface area contributed by atoms with E-state index in [1.807, 2.05) is 6.92 Å². The standard InChI is InChI=1S/C17H22F2N2O/c1-10-15-7-12(18)8-16(19)14(15)5-6-21(10)17(22)13-4-2-3-11(13)9-20/h7-8,10-11,13H,2-6,9,20H2,1H3/t10?,11-,13-/m1/s1. The van der Waals surface area contributed by atoms with E-state index in [0.717, 1.165) is 25.3 Å². The number of amides is 1. The van der Waals surface area contributed by atoms with Crippen molar-refractivity contribution in [1.29, 1.82) is 0 Å². The molecule has 2 aliphatic rings. The number of rotatable bonds is 2. The zero-order valence-corrected chi connectivity index (χ0v) is 12.8. The highest BCUT2D eigenvalue weighted by Gasteiger charge is 2.38. The lowest BCUT2D eigenvalue weighted by Gasteiger charge is -2.38. The van der Waals surface area contributed by atoms with Crippen LogP contribution in [0.2, 0.25) is 0 Å². The molecule has 1 heterocycles. The molecule has 0 bridgehead atoms. The summed E-state index contributed by atoms with van der Waals surface area (Å²) in [5, 5.41) is 0. The number of nitrogens with two attached hydrogens (primary N) is 1. The Bertz CT molecular complexity index is 590. The van der Waals surface area contributed by atoms with E-state index in [9.17, 15) is 13.6 Å². The van der Waals surface area contributed by atoms with Gasteiger partial charge in [0.1, 0.15) is 11.6 Å². The normalized spacial score (nSPS) is 27.8. The molecule has 22 heavy (non-hydrogen) atoms. The molecule has 3 atom stereocenters. The van der Waals surface area contributed by atoms with E-state index in [2.05, 4.69) is 0 Å². The monoisotopic (exact) mass is 308 g/mol. The van der Waals surface area contributed by atoms with E-state index in [0.29, 0.717) is 30.6 Å². The number of carbonyl (C=O) groups excluding carboxylic acids is 1. The molecule has 1 saturated carbocycles. The fourth-order valence-electron chi connectivity index (χ4n) is 4.01. The van der Waals surface area contributed by atoms with Crippen LogP contribution in [0, 0.1) is 23.5 Å². The van der Waals surface area contributed by atoms with Crippen LogP contribution in [-0.2, 0) is 11.2 Å². The molecule has 1 aliphatic carbocycles. The van der Waals surface area contributed by atoms with Gasteiger partial charge < -0.3 is 10.6 Å². The number of fused-ring (bicyclic) bond motifs is 1. The first kappa shape index (κ1) is 15.4. The van der Waals surface area contributed by atoms with Crippen LogP contribution in [0.5, 0.6) is 0 Å². The van der Waals surface area contributed by atoms with E-state index >= 15 is 0 Å². The highest BCUT2D eigenvalue weighted by molar-refractivity contribution is 5.80. The summed E-state index contributed by atoms with van der Waals surface area (Å²) in [6.07, 6.45) is 3.33. The molecule has 0 spiro atoms. The molecule has 0 aromatic heterocycles. The van der Waals surface area contributed by atoms with Gasteiger partial charge in [-0.25, -0.2) is 8.78 Å². The van der Waals surface area contributed by atoms with Gasteiger partial charge in [-0.05, 0) is 55.8 Å². The summed E-state index contributed by atoms with van der Waals surface area (Å²) in [5.41, 5.74) is 6.91. The molecular weight excluding hydrogens is 286 g/mol. The van der Waals surface area contributed by atoms with E-state index in [4.69, 9.17) is 5.73 Å². The predicted octanol–water partition coefficient (Wildman–Crippen LogP) is 2.79. The second kappa shape index (κ2) is 5.95. The van der Waals surface area contributed by atoms with Crippen LogP contribution in [0.1, 0.15) is 43.4 Å². The highest BCUT2D eigenvalue weighted by atomic mass is 19.1. The van der Waals surface area contributed by atoms with Gasteiger partial charge in [0.15, 0.2) is 0 Å². The van der Waals surface area contributed by atoms with Crippen molar-refractivity contribution < 1.29 is 13.6 Å². The van der Waals surface area contributed by atoms with Gasteiger partial charge in [-0.3, -0.25) is 4.79 Å². The lowest BCUT2D eigenvalue weighted by molar-refractivity contribution is -0.139. The van der Waals surface area contributed by atoms with Crippen molar-refractivity contribution in [2.75, 3.05) is 13.1 Å². The molecule has 0 radical (unpaired) electrons. The molecule has 5 heteroatoms. The van der Waals surface area contributed by atoms with Crippen LogP contribution in [0.15, 0.2) is 12.1 Å². The molecule has 2 N–H and O–H groups in total. The molecular formula is C17H22F2N2O. The van der Waals surface area contributed by atoms with Gasteiger partial charge in [0.2, 0.25) is 5.91 Å². The van der Waals surface area contributed by atoms with Crippen LogP contribution in [0.4, 0.5) is 8.78 Å². The van der Waals surface area contributed by atoms with Gasteiger partial charge in [0.05, 0.1) is 6.04 Å². The van der Waals surface area contributed by atoms with Gasteiger partial charge in [-0.15, -0.1) is 0 Å². The molecule has 1 aromatic rings. The maximum atomic E-state index is 13.9. The number of halogens is 2. The first-order valence-corrected chi connectivity index (χ1v) is 8.01. The van der Waals surface area contributed by atoms with Crippen LogP contribution >= 0.6 is 0 Å². The predicted molar refractivity (Wildman–Crippen MR) is 80.1 cm³/mol. The smallest absolute Gasteiger partial charge is 0.226 e. The summed E-state index contributed by atoms with van der Waals surface area (Å²) in [6, 6.07) is 1.99. The first-order valence-electron chi connectivity index (χ1n) is 8.01. The third-order valence-electron chi connectivity index (χ3n) is 5.28. The number of hydrogen-bond donors (Lipinski definition) is 1. The van der Waals surface area contributed by atoms with E-state index in [-0.39, 0.29) is 23.8 Å². The third kappa shape index (κ3) is 2.51. The Morgan fingerprint density at radius 2 is 2.14 bits per heavy atom. The second-order valence-electron chi connectivity index (χ2n) is 6.45. The quantitative estimate of drug-likeness (QED) is 0.913. The number of carbonyl (C=O) groups is 1. The van der Waals surface area contributed by atoms with E-state index < -0.39 is 11.6 Å². The highest BCUT2D eigenvalue weighted by Crippen LogP contribution is 2.37. The molecule has 0 saturated heterocycles. The van der Waals surface area contributed by atoms with Crippen molar-refractivity contribution in [3.05, 3.63) is 34.9 Å². The Morgan fingerprint density at radius 1 is 1.36 bits per heavy atom. The largest absolute Gasteiger partial charge is 0.335 e. The summed E-state index contributed by atoms with van der Waals surface area (Å²) in [5.74, 6) is -0.790. The van der Waals surface area contributed by atoms with Crippen molar-refractivity contribution in [2.45, 2.75) is 38.6 Å². The molecule has 1 unspecified atom stereocenters. The second-order valence-corrected chi connectivity index (χ2v) is 6.45. The minimum atomic E-state index is -0.585. The average molecular weight is 308 g/mol. The van der Waals surface area contributed by atoms with Gasteiger partial charge in [-0.2, -0.15) is 0 Å². The summed E-state index contributed by atoms with van der Waals surface area (Å²) < 4.78 is 27.4. The number of nitrogens with zero attached hydrogens (tertiary/aromatic N) is 1. The van der Waals surface area contributed by atoms with Gasteiger partial charge in [0.25, 0.3) is 0 Å². The van der Waals surface area contributed by atoms with Crippen LogP contribution in [-0.4, -0.2) is 23.9 Å². The zero-order chi connectivity index (χ0) is 15.9. The Morgan fingerprint density at radius 3 is 2.86 bits per heavy atom. The van der Waals surface area contributed by atoms with Gasteiger partial charge >= 0.3 is 0 Å². The number of benzene rings is 1. The topological polar surface area (TPSA) is 46.3 Å². The van der Waals surface area contributed by atoms with E-state index in [1.54, 1.807) is 4.90 Å². The Kier molecular flexibility index (Phi) is 4.17. The molecule has 3 rings (SSSR count). The minimum Gasteiger partial charge on any atom is -0.335 e. The average Bonchev–Trinajstić information content (AvgIpc) is 2.96. The molecule has 1 aliphatic heterocycles. The maximum Gasteiger partial charge on any atom is 0.226 e. The molecule has 1 amide bonds. The molecule has 1 aromatic carbocycles. The third-order valence-corrected chi connectivity index (χ3v) is 5.28. The van der Waals surface area contributed by atoms with Crippen molar-refractivity contribution in [3.63, 3.8) is 0 Å². The van der Waals surface area contributed by atoms with Crippen molar-refractivity contribution in [3.8, 4) is 0 Å². The van der Waals surface area contributed by atoms with Crippen LogP contribution < -0.4 is 5.73 Å². The maximum absolute atomic E-state index is 13.9. The number of hydrogen-bond acceptors (Lipinski definition) is 2. The SMILES string of the molecule is CC1c2cc(F)cc(F)c2CCN1C(=O)[C@@H]1CCC[C@@H]1CN. The fourth-order valence-corrected chi connectivity index (χ4v) is 4.01. The van der Waals surface area contributed by atoms with Gasteiger partial charge in [-0.1, -0.05) is 6.42 Å². The summed E-state index contributed by atoms with van der Waals surface area (Å²) in [4.78, 5) is 14.6. The summed E-state index contributed by atoms with van der Waals surface area (Å²) in [7, 11) is 0. The molecule has 1 fully saturated rings. The van der Waals surface area contributed by atoms with E-state index in [1.165, 1.54) is 6.07 Å². The fraction of sp³-hybridized carbons (Fsp3) is 0.588. The van der Waals surface area contributed by atoms with Crippen molar-refractivity contribution >= 4 is 5.91 Å². The Balaban J connectivity index is 1.86. The minimum absolute atomic E-state index is 0.0348. The molecule has 3 nitrogen and oxygen atoms in total. The zero-order valence-electron chi connectivity index (χ0n) is 12.8. The first-order chi connectivity index (χ1) is 10.5. The summed E-state index contributed by atoms with van der Waals surface area (Å²) in [6.45, 7) is 2.86. The Hall–Kier alpha value is -1.49. The summed E-state index contributed by atoms with van der Waals surface area (Å²) >= 11 is 0. The van der Waals surface area contributed by atoms with Crippen molar-refractivity contribution in [2.24, 2.45) is 17.6 Å². The van der Waals surface area contributed by atoms with Gasteiger partial charge in [0, 0.05) is 18.5 Å².